The molecular formula is C80H115F9N19O8P15. The highest BCUT2D eigenvalue weighted by molar-refractivity contribution is 9.21. The second-order valence-electron chi connectivity index (χ2n) is 32.3. The monoisotopic (exact) mass is 2110 g/mol. The van der Waals surface area contributed by atoms with Crippen molar-refractivity contribution in [3.05, 3.63) is 174 Å². The van der Waals surface area contributed by atoms with Crippen LogP contribution in [0.4, 0.5) is 50.9 Å². The van der Waals surface area contributed by atoms with Gasteiger partial charge in [0.15, 0.2) is 0 Å². The van der Waals surface area contributed by atoms with E-state index < -0.39 is 82.1 Å². The van der Waals surface area contributed by atoms with E-state index in [2.05, 4.69) is 162 Å². The van der Waals surface area contributed by atoms with Gasteiger partial charge in [-0.15, -0.1) is 62.5 Å². The molecule has 11 aromatic rings. The molecule has 0 spiro atoms. The first-order valence-electron chi connectivity index (χ1n) is 41.6. The highest BCUT2D eigenvalue weighted by Gasteiger charge is 2.53. The van der Waals surface area contributed by atoms with Crippen LogP contribution in [0, 0.1) is 38.2 Å². The Bertz CT molecular complexity index is 5550. The van der Waals surface area contributed by atoms with E-state index in [1.807, 2.05) is 13.8 Å². The van der Waals surface area contributed by atoms with Gasteiger partial charge in [0.05, 0.1) is 136 Å². The fourth-order valence-electron chi connectivity index (χ4n) is 15.1. The van der Waals surface area contributed by atoms with E-state index in [-0.39, 0.29) is 118 Å². The molecule has 4 fully saturated rings. The molecule has 4 aliphatic rings. The van der Waals surface area contributed by atoms with Crippen LogP contribution in [0.3, 0.4) is 0 Å². The maximum atomic E-state index is 15.0. The zero-order valence-electron chi connectivity index (χ0n) is 75.1. The number of aliphatic carboxylic acids is 1. The van der Waals surface area contributed by atoms with E-state index >= 15 is 0 Å². The van der Waals surface area contributed by atoms with Crippen LogP contribution in [0.2, 0.25) is 0 Å². The number of rotatable bonds is 23. The molecule has 4 N–H and O–H groups in total. The number of pyridine rings is 3. The summed E-state index contributed by atoms with van der Waals surface area (Å²) in [5.74, 6) is -10.2. The topological polar surface area (TPSA) is 319 Å². The summed E-state index contributed by atoms with van der Waals surface area (Å²) < 4.78 is 185. The normalized spacial score (nSPS) is 20.9. The number of nitrogens with one attached hydrogen (secondary N) is 1. The minimum absolute atomic E-state index is 0.0622. The largest absolute Gasteiger partial charge is 0.481 e. The Balaban J connectivity index is 0.000000179. The first-order valence-corrected chi connectivity index (χ1v) is 67.6. The summed E-state index contributed by atoms with van der Waals surface area (Å²) in [7, 11) is 15.3. The average molecular weight is 2110 g/mol. The molecule has 0 amide bonds. The number of nitrogens with zero attached hydrogens (tertiary/aromatic N) is 17. The summed E-state index contributed by atoms with van der Waals surface area (Å²) in [5.41, 5.74) is 13.8. The first-order chi connectivity index (χ1) is 61.4. The summed E-state index contributed by atoms with van der Waals surface area (Å²) in [5, 5.41) is 12.5. The van der Waals surface area contributed by atoms with Crippen molar-refractivity contribution < 1.29 is 76.0 Å². The van der Waals surface area contributed by atoms with Gasteiger partial charge in [-0.1, -0.05) is 27.7 Å². The molecular weight excluding hydrogens is 1990 g/mol. The van der Waals surface area contributed by atoms with Gasteiger partial charge in [-0.2, -0.15) is 0 Å². The summed E-state index contributed by atoms with van der Waals surface area (Å²) in [4.78, 5) is 64.3. The molecule has 3 aromatic carbocycles. The number of hydrogen-bond donors (Lipinski definition) is 3. The Labute approximate surface area is 779 Å². The number of carbonyl (C=O) groups is 1. The molecule has 11 atom stereocenters. The Hall–Kier alpha value is -3.92. The number of nitrogens with two attached hydrogens (primary N) is 1. The minimum atomic E-state index is -3.57. The number of imidazole rings is 2. The Morgan fingerprint density at radius 3 is 1.17 bits per heavy atom. The van der Waals surface area contributed by atoms with E-state index in [0.717, 1.165) is 23.6 Å². The third-order valence-corrected chi connectivity index (χ3v) is 96.2. The molecule has 4 aliphatic heterocycles. The third kappa shape index (κ3) is 30.3. The number of fused-ring (bicyclic) bond motifs is 7. The van der Waals surface area contributed by atoms with Gasteiger partial charge in [-0.05, 0) is 185 Å². The van der Waals surface area contributed by atoms with Crippen molar-refractivity contribution in [1.29, 1.82) is 0 Å². The van der Waals surface area contributed by atoms with Crippen molar-refractivity contribution >= 4 is 192 Å². The van der Waals surface area contributed by atoms with Gasteiger partial charge in [0, 0.05) is 97.9 Å². The highest BCUT2D eigenvalue weighted by Crippen LogP contribution is 3.16. The van der Waals surface area contributed by atoms with Crippen molar-refractivity contribution in [3.8, 4) is 0 Å². The van der Waals surface area contributed by atoms with Gasteiger partial charge in [0.25, 0.3) is 17.8 Å². The third-order valence-electron chi connectivity index (χ3n) is 20.6. The molecule has 11 unspecified atom stereocenters. The van der Waals surface area contributed by atoms with Crippen LogP contribution in [-0.2, 0) is 50.7 Å². The molecule has 0 bridgehead atoms. The Morgan fingerprint density at radius 1 is 0.511 bits per heavy atom. The van der Waals surface area contributed by atoms with Crippen LogP contribution in [0.5, 0.6) is 0 Å². The van der Waals surface area contributed by atoms with Crippen molar-refractivity contribution in [2.75, 3.05) is 96.5 Å². The Kier molecular flexibility index (Phi) is 41.2. The number of carboxylic acids is 1. The minimum Gasteiger partial charge on any atom is -0.481 e. The van der Waals surface area contributed by atoms with Gasteiger partial charge in [-0.25, -0.2) is 62.4 Å². The predicted octanol–water partition coefficient (Wildman–Crippen LogP) is 23.4. The number of nitrogen functional groups attached to an aromatic ring is 1. The molecule has 0 aliphatic carbocycles. The number of benzene rings is 3. The molecule has 51 heteroatoms. The first kappa shape index (κ1) is 111. The highest BCUT2D eigenvalue weighted by atomic mass is 33.3. The summed E-state index contributed by atoms with van der Waals surface area (Å²) in [6, 6.07) is 10.4. The number of likely N-dealkylation sites (tertiary alicyclic amines) is 3. The smallest absolute Gasteiger partial charge is 0.345 e. The van der Waals surface area contributed by atoms with E-state index in [1.165, 1.54) is 59.8 Å². The maximum absolute atomic E-state index is 15.0. The molecule has 0 radical (unpaired) electrons. The second kappa shape index (κ2) is 48.8. The fraction of sp³-hybridized carbons (Fsp3) is 0.475. The van der Waals surface area contributed by atoms with Crippen LogP contribution < -0.4 is 11.1 Å². The molecule has 0 saturated carbocycles. The van der Waals surface area contributed by atoms with Gasteiger partial charge >= 0.3 is 28.8 Å². The quantitative estimate of drug-likeness (QED) is 0.0396. The number of aryl methyl sites for hydroxylation is 3. The lowest BCUT2D eigenvalue weighted by atomic mass is 10.1. The number of hydrogen-bond acceptors (Lipinski definition) is 24. The van der Waals surface area contributed by atoms with Gasteiger partial charge < -0.3 is 25.3 Å². The average Bonchev–Trinajstić information content (AvgIpc) is 1.59. The van der Waals surface area contributed by atoms with Gasteiger partial charge in [-0.3, -0.25) is 82.9 Å². The predicted molar refractivity (Wildman–Crippen MR) is 543 cm³/mol. The van der Waals surface area contributed by atoms with Crippen LogP contribution >= 0.6 is 120 Å². The molecule has 27 nitrogen and oxygen atoms in total. The van der Waals surface area contributed by atoms with Gasteiger partial charge in [0.2, 0.25) is 0 Å². The Morgan fingerprint density at radius 2 is 0.870 bits per heavy atom. The van der Waals surface area contributed by atoms with Crippen LogP contribution in [0.25, 0.3) is 54.8 Å². The van der Waals surface area contributed by atoms with Crippen LogP contribution in [0.1, 0.15) is 133 Å². The molecule has 131 heavy (non-hydrogen) atoms. The molecule has 716 valence electrons. The molecule has 12 heterocycles. The maximum Gasteiger partial charge on any atom is 0.345 e. The molecule has 15 rings (SSSR count). The number of halogens is 9. The number of likely N-dealkylation sites (N-methyl/N-ethyl adjacent to an activating group) is 3. The van der Waals surface area contributed by atoms with Crippen molar-refractivity contribution in [3.63, 3.8) is 0 Å². The number of aromatic nitrogens is 13. The SMILES string of the molecule is CCCP1(=O)OP(=O)(CCC)OP(=O)(CCC)O1.CCN(C(C)C)C(C)C.CN1CC(Nc2c(N)cnc3ccc(F)cc23)C(F)(F)C1.Cc1cnc(CC(=O)O)cn1.Cc1cnc(Cc2nc3cnc4ccc(F)cc4c3n2C2CN(C)CC2(F)F)cn1.Cc1cnc(Cc2nc3cnc4ccc(F)cc4c3n2C2CN(C)CC2(F)F)cn1.PP(P)P(P)P(P(P)P)P(P)P. The van der Waals surface area contributed by atoms with E-state index in [4.69, 9.17) is 23.8 Å². The van der Waals surface area contributed by atoms with Crippen molar-refractivity contribution in [1.82, 2.24) is 83.6 Å². The summed E-state index contributed by atoms with van der Waals surface area (Å²) >= 11 is 0. The van der Waals surface area contributed by atoms with Crippen LogP contribution in [-0.4, -0.2) is 216 Å². The van der Waals surface area contributed by atoms with Crippen molar-refractivity contribution in [2.45, 2.75) is 163 Å². The fourth-order valence-corrected chi connectivity index (χ4v) is 127. The summed E-state index contributed by atoms with van der Waals surface area (Å²) in [6.45, 7) is 23.4. The number of alkyl halides is 6. The van der Waals surface area contributed by atoms with E-state index in [9.17, 15) is 58.0 Å². The van der Waals surface area contributed by atoms with Gasteiger partial charge in [0.1, 0.15) is 58.3 Å². The standard InChI is InChI=1S/2C21H19F3N6.C14H15F3N4.C9H21O6P3.C8H19N.C7H8N2O2.H14P12/c2*1-12-7-26-14(8-25-12)6-19-28-17-9-27-16-4-3-13(22)5-15(16)20(17)30(19)18-10-29(2)11-21(18,23)24;1-21-6-12(14(16,17)7-21)20-13-9-4-8(15)2-3-11(9)19-5-10(13)18;1-4-7-16(10)13-17(11,8-5-2)15-18(12,14-16)9-6-3;1-6-9(7(2)3)8(4)5;1-5-3-9-6(4-8-5)2-7(10)11;1-8(2)11(7)12(9(3)4)10(5)6/h2*3-5,7-9,18H,6,10-11H2,1-2H3;2-5,12H,6-7,18H2,1H3,(H,19,20);4-9H2,1-3H3;7-8H,6H2,1-5H3;3-4H,2H2,1H3,(H,10,11);1-7H2. The van der Waals surface area contributed by atoms with E-state index in [0.29, 0.717) is 121 Å². The lowest BCUT2D eigenvalue weighted by molar-refractivity contribution is -0.136. The molecule has 4 saturated heterocycles. The zero-order valence-corrected chi connectivity index (χ0v) is 90.3. The van der Waals surface area contributed by atoms with E-state index in [1.54, 1.807) is 123 Å². The number of carboxylic acid groups (broad SMARTS) is 1. The lowest BCUT2D eigenvalue weighted by Gasteiger charge is -2.33. The summed E-state index contributed by atoms with van der Waals surface area (Å²) in [6.07, 6.45) is 16.4. The van der Waals surface area contributed by atoms with Crippen LogP contribution in [0.15, 0.2) is 110 Å². The lowest BCUT2D eigenvalue weighted by Crippen LogP contribution is -2.38. The second-order valence-corrected chi connectivity index (χ2v) is 84.2. The number of anilines is 2. The van der Waals surface area contributed by atoms with Crippen molar-refractivity contribution in [2.24, 2.45) is 0 Å². The zero-order chi connectivity index (χ0) is 96.7. The molecule has 8 aromatic heterocycles.